The number of carboxylic acid groups (broad SMARTS) is 1. The van der Waals surface area contributed by atoms with Crippen LogP contribution in [-0.2, 0) is 18.4 Å². The van der Waals surface area contributed by atoms with Gasteiger partial charge in [-0.05, 0) is 6.92 Å². The Morgan fingerprint density at radius 3 is 2.69 bits per heavy atom. The van der Waals surface area contributed by atoms with Crippen LogP contribution in [-0.4, -0.2) is 33.4 Å². The fourth-order valence-electron chi connectivity index (χ4n) is 1.11. The van der Waals surface area contributed by atoms with Gasteiger partial charge in [-0.15, -0.1) is 0 Å². The number of aryl methyl sites for hydroxylation is 1. The van der Waals surface area contributed by atoms with Gasteiger partial charge in [0.15, 0.2) is 0 Å². The molecule has 88 valence electrons. The van der Waals surface area contributed by atoms with Gasteiger partial charge >= 0.3 is 12.0 Å². The van der Waals surface area contributed by atoms with E-state index in [9.17, 15) is 9.59 Å². The third-order valence-corrected chi connectivity index (χ3v) is 2.18. The molecule has 0 radical (unpaired) electrons. The largest absolute Gasteiger partial charge is 0.480 e. The van der Waals surface area contributed by atoms with Crippen molar-refractivity contribution < 1.29 is 14.7 Å². The van der Waals surface area contributed by atoms with Crippen molar-refractivity contribution in [2.45, 2.75) is 13.5 Å². The predicted molar refractivity (Wildman–Crippen MR) is 55.8 cm³/mol. The molecule has 0 fully saturated rings. The first kappa shape index (κ1) is 12.0. The quantitative estimate of drug-likeness (QED) is 0.651. The molecule has 2 amide bonds. The Labute approximate surface area is 92.4 Å². The van der Waals surface area contributed by atoms with Crippen molar-refractivity contribution in [3.63, 3.8) is 0 Å². The number of hydrogen-bond acceptors (Lipinski definition) is 3. The van der Waals surface area contributed by atoms with Gasteiger partial charge in [0.1, 0.15) is 6.54 Å². The molecule has 1 aromatic rings. The van der Waals surface area contributed by atoms with Crippen LogP contribution >= 0.6 is 0 Å². The van der Waals surface area contributed by atoms with Crippen molar-refractivity contribution in [3.05, 3.63) is 17.5 Å². The van der Waals surface area contributed by atoms with Crippen molar-refractivity contribution >= 4 is 12.0 Å². The van der Waals surface area contributed by atoms with E-state index >= 15 is 0 Å². The van der Waals surface area contributed by atoms with Crippen LogP contribution in [0.4, 0.5) is 4.79 Å². The van der Waals surface area contributed by atoms with Gasteiger partial charge in [0, 0.05) is 24.8 Å². The topological polar surface area (TPSA) is 96.2 Å². The van der Waals surface area contributed by atoms with E-state index in [1.165, 1.54) is 0 Å². The normalized spacial score (nSPS) is 9.88. The highest BCUT2D eigenvalue weighted by Gasteiger charge is 2.06. The number of rotatable bonds is 4. The molecule has 0 aromatic carbocycles. The molecule has 1 rings (SSSR count). The van der Waals surface area contributed by atoms with Crippen molar-refractivity contribution in [1.82, 2.24) is 20.4 Å². The number of amides is 2. The third kappa shape index (κ3) is 3.26. The Kier molecular flexibility index (Phi) is 3.87. The van der Waals surface area contributed by atoms with Gasteiger partial charge in [-0.25, -0.2) is 4.79 Å². The zero-order valence-electron chi connectivity index (χ0n) is 9.15. The minimum absolute atomic E-state index is 0.325. The van der Waals surface area contributed by atoms with Crippen molar-refractivity contribution in [2.75, 3.05) is 6.54 Å². The number of hydrogen-bond donors (Lipinski definition) is 3. The van der Waals surface area contributed by atoms with E-state index in [-0.39, 0.29) is 0 Å². The van der Waals surface area contributed by atoms with Gasteiger partial charge in [0.05, 0.1) is 6.20 Å². The average molecular weight is 226 g/mol. The van der Waals surface area contributed by atoms with Gasteiger partial charge in [-0.3, -0.25) is 9.48 Å². The second-order valence-corrected chi connectivity index (χ2v) is 3.31. The van der Waals surface area contributed by atoms with Gasteiger partial charge < -0.3 is 15.7 Å². The third-order valence-electron chi connectivity index (χ3n) is 2.18. The summed E-state index contributed by atoms with van der Waals surface area (Å²) in [6, 6.07) is -0.509. The lowest BCUT2D eigenvalue weighted by molar-refractivity contribution is -0.135. The second kappa shape index (κ2) is 5.15. The molecule has 0 unspecified atom stereocenters. The number of aliphatic carboxylic acids is 1. The van der Waals surface area contributed by atoms with Crippen LogP contribution in [0, 0.1) is 6.92 Å². The number of carboxylic acids is 1. The van der Waals surface area contributed by atoms with Gasteiger partial charge in [0.25, 0.3) is 0 Å². The second-order valence-electron chi connectivity index (χ2n) is 3.31. The molecule has 7 nitrogen and oxygen atoms in total. The summed E-state index contributed by atoms with van der Waals surface area (Å²) >= 11 is 0. The van der Waals surface area contributed by atoms with Crippen LogP contribution in [0.15, 0.2) is 6.20 Å². The van der Waals surface area contributed by atoms with Crippen molar-refractivity contribution in [3.8, 4) is 0 Å². The van der Waals surface area contributed by atoms with E-state index < -0.39 is 18.5 Å². The zero-order chi connectivity index (χ0) is 12.1. The Bertz CT molecular complexity index is 399. The molecule has 0 saturated heterocycles. The maximum atomic E-state index is 11.1. The number of urea groups is 1. The Morgan fingerprint density at radius 1 is 1.50 bits per heavy atom. The lowest BCUT2D eigenvalue weighted by Crippen LogP contribution is -2.38. The van der Waals surface area contributed by atoms with Crippen LogP contribution in [0.3, 0.4) is 0 Å². The Hall–Kier alpha value is -2.05. The summed E-state index contributed by atoms with van der Waals surface area (Å²) in [6.07, 6.45) is 1.66. The summed E-state index contributed by atoms with van der Waals surface area (Å²) in [5.41, 5.74) is 1.85. The molecule has 16 heavy (non-hydrogen) atoms. The number of carbonyl (C=O) groups is 2. The van der Waals surface area contributed by atoms with Gasteiger partial charge in [-0.1, -0.05) is 0 Å². The summed E-state index contributed by atoms with van der Waals surface area (Å²) in [5, 5.41) is 17.1. The zero-order valence-corrected chi connectivity index (χ0v) is 9.15. The van der Waals surface area contributed by atoms with E-state index in [2.05, 4.69) is 15.7 Å². The highest BCUT2D eigenvalue weighted by atomic mass is 16.4. The minimum atomic E-state index is -1.08. The van der Waals surface area contributed by atoms with Crippen molar-refractivity contribution in [2.24, 2.45) is 7.05 Å². The van der Waals surface area contributed by atoms with E-state index in [1.54, 1.807) is 10.9 Å². The van der Waals surface area contributed by atoms with Crippen LogP contribution < -0.4 is 10.6 Å². The lowest BCUT2D eigenvalue weighted by Gasteiger charge is -2.05. The summed E-state index contributed by atoms with van der Waals surface area (Å²) in [7, 11) is 1.81. The molecule has 0 saturated carbocycles. The molecule has 1 heterocycles. The summed E-state index contributed by atoms with van der Waals surface area (Å²) in [5.74, 6) is -1.08. The molecule has 0 spiro atoms. The highest BCUT2D eigenvalue weighted by Crippen LogP contribution is 2.04. The van der Waals surface area contributed by atoms with E-state index in [4.69, 9.17) is 5.11 Å². The highest BCUT2D eigenvalue weighted by molar-refractivity contribution is 5.79. The molecule has 0 aliphatic heterocycles. The molecule has 0 aliphatic rings. The van der Waals surface area contributed by atoms with Crippen LogP contribution in [0.5, 0.6) is 0 Å². The first-order chi connectivity index (χ1) is 7.50. The van der Waals surface area contributed by atoms with Crippen LogP contribution in [0.2, 0.25) is 0 Å². The van der Waals surface area contributed by atoms with E-state index in [1.807, 2.05) is 14.0 Å². The number of nitrogens with one attached hydrogen (secondary N) is 2. The van der Waals surface area contributed by atoms with Crippen LogP contribution in [0.25, 0.3) is 0 Å². The fourth-order valence-corrected chi connectivity index (χ4v) is 1.11. The van der Waals surface area contributed by atoms with E-state index in [0.29, 0.717) is 6.54 Å². The first-order valence-corrected chi connectivity index (χ1v) is 4.71. The molecule has 1 aromatic heterocycles. The van der Waals surface area contributed by atoms with Gasteiger partial charge in [0.2, 0.25) is 0 Å². The van der Waals surface area contributed by atoms with Crippen molar-refractivity contribution in [1.29, 1.82) is 0 Å². The summed E-state index contributed by atoms with van der Waals surface area (Å²) in [4.78, 5) is 21.3. The number of nitrogens with zero attached hydrogens (tertiary/aromatic N) is 2. The molecular formula is C9H14N4O3. The SMILES string of the molecule is Cc1c(CNC(=O)NCC(=O)O)cnn1C. The monoisotopic (exact) mass is 226 g/mol. The van der Waals surface area contributed by atoms with Gasteiger partial charge in [-0.2, -0.15) is 5.10 Å². The maximum absolute atomic E-state index is 11.1. The summed E-state index contributed by atoms with van der Waals surface area (Å²) < 4.78 is 1.70. The average Bonchev–Trinajstić information content (AvgIpc) is 2.54. The minimum Gasteiger partial charge on any atom is -0.480 e. The molecular weight excluding hydrogens is 212 g/mol. The number of aromatic nitrogens is 2. The van der Waals surface area contributed by atoms with E-state index in [0.717, 1.165) is 11.3 Å². The molecule has 0 atom stereocenters. The van der Waals surface area contributed by atoms with Crippen LogP contribution in [0.1, 0.15) is 11.3 Å². The molecule has 0 aliphatic carbocycles. The molecule has 3 N–H and O–H groups in total. The maximum Gasteiger partial charge on any atom is 0.323 e. The Balaban J connectivity index is 2.37. The first-order valence-electron chi connectivity index (χ1n) is 4.71. The smallest absolute Gasteiger partial charge is 0.323 e. The lowest BCUT2D eigenvalue weighted by atomic mass is 10.2. The predicted octanol–water partition coefficient (Wildman–Crippen LogP) is -0.388. The summed E-state index contributed by atoms with van der Waals surface area (Å²) in [6.45, 7) is 1.82. The standard InChI is InChI=1S/C9H14N4O3/c1-6-7(4-12-13(6)2)3-10-9(16)11-5-8(14)15/h4H,3,5H2,1-2H3,(H,14,15)(H2,10,11,16). The number of carbonyl (C=O) groups excluding carboxylic acids is 1. The Morgan fingerprint density at radius 2 is 2.19 bits per heavy atom. The fraction of sp³-hybridized carbons (Fsp3) is 0.444. The molecule has 0 bridgehead atoms. The molecule has 7 heteroatoms.